The number of anilines is 2. The van der Waals surface area contributed by atoms with E-state index in [1.807, 2.05) is 44.2 Å². The van der Waals surface area contributed by atoms with E-state index in [-0.39, 0.29) is 5.91 Å². The number of aromatic nitrogens is 2. The average Bonchev–Trinajstić information content (AvgIpc) is 2.49. The molecule has 2 rings (SSSR count). The van der Waals surface area contributed by atoms with Crippen molar-refractivity contribution in [3.8, 4) is 0 Å². The van der Waals surface area contributed by atoms with Gasteiger partial charge in [-0.05, 0) is 26.0 Å². The molecule has 2 aromatic rings. The van der Waals surface area contributed by atoms with Gasteiger partial charge < -0.3 is 10.2 Å². The second kappa shape index (κ2) is 6.65. The van der Waals surface area contributed by atoms with Crippen molar-refractivity contribution in [3.05, 3.63) is 48.4 Å². The van der Waals surface area contributed by atoms with Crippen molar-refractivity contribution in [1.29, 1.82) is 0 Å². The van der Waals surface area contributed by atoms with Crippen LogP contribution in [0.25, 0.3) is 0 Å². The molecule has 5 nitrogen and oxygen atoms in total. The molecule has 104 valence electrons. The molecular weight excluding hydrogens is 252 g/mol. The zero-order chi connectivity index (χ0) is 14.4. The van der Waals surface area contributed by atoms with Crippen LogP contribution in [0.3, 0.4) is 0 Å². The normalized spacial score (nSPS) is 10.1. The van der Waals surface area contributed by atoms with Crippen LogP contribution in [-0.4, -0.2) is 33.9 Å². The molecule has 0 unspecified atom stereocenters. The number of rotatable bonds is 5. The lowest BCUT2D eigenvalue weighted by Crippen LogP contribution is -2.31. The minimum absolute atomic E-state index is 0.0755. The fraction of sp³-hybridized carbons (Fsp3) is 0.267. The Labute approximate surface area is 118 Å². The highest BCUT2D eigenvalue weighted by atomic mass is 16.2. The molecule has 0 aliphatic heterocycles. The van der Waals surface area contributed by atoms with E-state index in [9.17, 15) is 4.79 Å². The van der Waals surface area contributed by atoms with E-state index >= 15 is 0 Å². The van der Waals surface area contributed by atoms with Crippen molar-refractivity contribution < 1.29 is 4.79 Å². The highest BCUT2D eigenvalue weighted by Crippen LogP contribution is 2.14. The van der Waals surface area contributed by atoms with Crippen molar-refractivity contribution in [2.24, 2.45) is 0 Å². The number of hydrogen-bond donors (Lipinski definition) is 1. The minimum atomic E-state index is -0.0755. The summed E-state index contributed by atoms with van der Waals surface area (Å²) in [5.74, 6) is 0.537. The van der Waals surface area contributed by atoms with E-state index in [1.54, 1.807) is 11.0 Å². The maximum Gasteiger partial charge on any atom is 0.272 e. The fourth-order valence-electron chi connectivity index (χ4n) is 1.88. The summed E-state index contributed by atoms with van der Waals surface area (Å²) in [4.78, 5) is 22.1. The van der Waals surface area contributed by atoms with E-state index in [0.29, 0.717) is 24.6 Å². The standard InChI is InChI=1S/C15H18N4O/c1-3-19(4-2)15(20)13-10-14(17-11-16-13)18-12-8-6-5-7-9-12/h5-11H,3-4H2,1-2H3,(H,16,17,18). The molecule has 1 aromatic heterocycles. The van der Waals surface area contributed by atoms with Gasteiger partial charge in [-0.1, -0.05) is 18.2 Å². The molecule has 1 amide bonds. The quantitative estimate of drug-likeness (QED) is 0.907. The van der Waals surface area contributed by atoms with E-state index < -0.39 is 0 Å². The Balaban J connectivity index is 2.18. The lowest BCUT2D eigenvalue weighted by Gasteiger charge is -2.18. The second-order valence-electron chi connectivity index (χ2n) is 4.26. The lowest BCUT2D eigenvalue weighted by atomic mass is 10.3. The molecule has 0 atom stereocenters. The summed E-state index contributed by atoms with van der Waals surface area (Å²) in [5, 5.41) is 3.15. The van der Waals surface area contributed by atoms with Gasteiger partial charge in [0.2, 0.25) is 0 Å². The molecule has 5 heteroatoms. The molecule has 1 N–H and O–H groups in total. The average molecular weight is 270 g/mol. The molecule has 1 aromatic carbocycles. The molecule has 0 saturated carbocycles. The maximum atomic E-state index is 12.2. The van der Waals surface area contributed by atoms with Gasteiger partial charge in [0, 0.05) is 24.8 Å². The summed E-state index contributed by atoms with van der Waals surface area (Å²) in [7, 11) is 0. The number of carbonyl (C=O) groups excluding carboxylic acids is 1. The van der Waals surface area contributed by atoms with Gasteiger partial charge in [0.25, 0.3) is 5.91 Å². The van der Waals surface area contributed by atoms with E-state index in [4.69, 9.17) is 0 Å². The number of amides is 1. The Hall–Kier alpha value is -2.43. The summed E-state index contributed by atoms with van der Waals surface area (Å²) >= 11 is 0. The first-order valence-electron chi connectivity index (χ1n) is 6.68. The zero-order valence-corrected chi connectivity index (χ0v) is 11.7. The molecule has 1 heterocycles. The van der Waals surface area contributed by atoms with Crippen LogP contribution in [0.1, 0.15) is 24.3 Å². The van der Waals surface area contributed by atoms with Gasteiger partial charge in [-0.25, -0.2) is 9.97 Å². The summed E-state index contributed by atoms with van der Waals surface area (Å²) in [6, 6.07) is 11.4. The van der Waals surface area contributed by atoms with Gasteiger partial charge in [0.1, 0.15) is 17.8 Å². The summed E-state index contributed by atoms with van der Waals surface area (Å²) in [6.45, 7) is 5.24. The van der Waals surface area contributed by atoms with Crippen LogP contribution >= 0.6 is 0 Å². The number of hydrogen-bond acceptors (Lipinski definition) is 4. The minimum Gasteiger partial charge on any atom is -0.340 e. The number of para-hydroxylation sites is 1. The van der Waals surface area contributed by atoms with Crippen LogP contribution < -0.4 is 5.32 Å². The molecule has 0 bridgehead atoms. The van der Waals surface area contributed by atoms with Crippen molar-refractivity contribution in [2.45, 2.75) is 13.8 Å². The van der Waals surface area contributed by atoms with Crippen LogP contribution in [0.15, 0.2) is 42.7 Å². The number of nitrogens with one attached hydrogen (secondary N) is 1. The summed E-state index contributed by atoms with van der Waals surface area (Å²) in [6.07, 6.45) is 1.40. The lowest BCUT2D eigenvalue weighted by molar-refractivity contribution is 0.0767. The number of benzene rings is 1. The first-order chi connectivity index (χ1) is 9.74. The Morgan fingerprint density at radius 1 is 1.15 bits per heavy atom. The maximum absolute atomic E-state index is 12.2. The van der Waals surface area contributed by atoms with Gasteiger partial charge >= 0.3 is 0 Å². The predicted octanol–water partition coefficient (Wildman–Crippen LogP) is 2.70. The van der Waals surface area contributed by atoms with E-state index in [0.717, 1.165) is 5.69 Å². The molecule has 0 fully saturated rings. The highest BCUT2D eigenvalue weighted by molar-refractivity contribution is 5.93. The van der Waals surface area contributed by atoms with Gasteiger partial charge in [-0.2, -0.15) is 0 Å². The van der Waals surface area contributed by atoms with Crippen LogP contribution in [0.2, 0.25) is 0 Å². The van der Waals surface area contributed by atoms with Crippen molar-refractivity contribution >= 4 is 17.4 Å². The second-order valence-corrected chi connectivity index (χ2v) is 4.26. The molecular formula is C15H18N4O. The van der Waals surface area contributed by atoms with Crippen LogP contribution in [0, 0.1) is 0 Å². The fourth-order valence-corrected chi connectivity index (χ4v) is 1.88. The SMILES string of the molecule is CCN(CC)C(=O)c1cc(Nc2ccccc2)ncn1. The van der Waals surface area contributed by atoms with Crippen LogP contribution in [0.5, 0.6) is 0 Å². The third-order valence-corrected chi connectivity index (χ3v) is 2.98. The monoisotopic (exact) mass is 270 g/mol. The Morgan fingerprint density at radius 3 is 2.50 bits per heavy atom. The third kappa shape index (κ3) is 3.32. The van der Waals surface area contributed by atoms with Gasteiger partial charge in [-0.15, -0.1) is 0 Å². The van der Waals surface area contributed by atoms with Crippen LogP contribution in [0.4, 0.5) is 11.5 Å². The Kier molecular flexibility index (Phi) is 4.65. The largest absolute Gasteiger partial charge is 0.340 e. The van der Waals surface area contributed by atoms with E-state index in [2.05, 4.69) is 15.3 Å². The zero-order valence-electron chi connectivity index (χ0n) is 11.7. The number of carbonyl (C=O) groups is 1. The first kappa shape index (κ1) is 14.0. The predicted molar refractivity (Wildman–Crippen MR) is 79.0 cm³/mol. The molecule has 0 spiro atoms. The van der Waals surface area contributed by atoms with Gasteiger partial charge in [0.05, 0.1) is 0 Å². The molecule has 0 radical (unpaired) electrons. The molecule has 20 heavy (non-hydrogen) atoms. The topological polar surface area (TPSA) is 58.1 Å². The van der Waals surface area contributed by atoms with Crippen LogP contribution in [-0.2, 0) is 0 Å². The highest BCUT2D eigenvalue weighted by Gasteiger charge is 2.14. The Morgan fingerprint density at radius 2 is 1.85 bits per heavy atom. The van der Waals surface area contributed by atoms with Gasteiger partial charge in [-0.3, -0.25) is 4.79 Å². The Bertz CT molecular complexity index is 567. The van der Waals surface area contributed by atoms with Crippen molar-refractivity contribution in [3.63, 3.8) is 0 Å². The first-order valence-corrected chi connectivity index (χ1v) is 6.68. The summed E-state index contributed by atoms with van der Waals surface area (Å²) < 4.78 is 0. The molecule has 0 aliphatic carbocycles. The van der Waals surface area contributed by atoms with Crippen molar-refractivity contribution in [1.82, 2.24) is 14.9 Å². The molecule has 0 aliphatic rings. The van der Waals surface area contributed by atoms with Crippen molar-refractivity contribution in [2.75, 3.05) is 18.4 Å². The number of nitrogens with zero attached hydrogens (tertiary/aromatic N) is 3. The smallest absolute Gasteiger partial charge is 0.272 e. The van der Waals surface area contributed by atoms with Gasteiger partial charge in [0.15, 0.2) is 0 Å². The van der Waals surface area contributed by atoms with E-state index in [1.165, 1.54) is 6.33 Å². The summed E-state index contributed by atoms with van der Waals surface area (Å²) in [5.41, 5.74) is 1.33. The third-order valence-electron chi connectivity index (χ3n) is 2.98. The molecule has 0 saturated heterocycles.